The van der Waals surface area contributed by atoms with Gasteiger partial charge in [-0.3, -0.25) is 0 Å². The van der Waals surface area contributed by atoms with Crippen LogP contribution in [0, 0.1) is 11.8 Å². The van der Waals surface area contributed by atoms with Gasteiger partial charge in [-0.1, -0.05) is 32.1 Å². The largest absolute Gasteiger partial charge is 0.316 e. The predicted octanol–water partition coefficient (Wildman–Crippen LogP) is 2.75. The summed E-state index contributed by atoms with van der Waals surface area (Å²) in [5.41, 5.74) is 3.07. The van der Waals surface area contributed by atoms with Gasteiger partial charge in [0.1, 0.15) is 0 Å². The van der Waals surface area contributed by atoms with Gasteiger partial charge in [-0.2, -0.15) is 0 Å². The first-order valence-corrected chi connectivity index (χ1v) is 5.24. The number of nitrogens with one attached hydrogen (secondary N) is 1. The Bertz CT molecular complexity index is 215. The zero-order chi connectivity index (χ0) is 9.84. The second-order valence-electron chi connectivity index (χ2n) is 3.96. The highest BCUT2D eigenvalue weighted by atomic mass is 14.8. The third kappa shape index (κ3) is 2.02. The van der Waals surface area contributed by atoms with Crippen LogP contribution in [0.1, 0.15) is 26.7 Å². The predicted molar refractivity (Wildman–Crippen MR) is 58.7 cm³/mol. The topological polar surface area (TPSA) is 12.0 Å². The molecule has 1 heteroatoms. The van der Waals surface area contributed by atoms with Crippen molar-refractivity contribution in [2.45, 2.75) is 26.7 Å². The molecule has 1 saturated carbocycles. The summed E-state index contributed by atoms with van der Waals surface area (Å²) in [7, 11) is 1.99. The summed E-state index contributed by atoms with van der Waals surface area (Å²) >= 11 is 0. The number of likely N-dealkylation sites (N-methyl/N-ethyl adjacent to an activating group) is 1. The van der Waals surface area contributed by atoms with Gasteiger partial charge in [0.05, 0.1) is 0 Å². The Labute approximate surface area is 81.9 Å². The molecular formula is C12H21N. The number of rotatable bonds is 4. The van der Waals surface area contributed by atoms with E-state index < -0.39 is 0 Å². The van der Waals surface area contributed by atoms with Crippen molar-refractivity contribution >= 4 is 0 Å². The molecule has 1 aliphatic rings. The summed E-state index contributed by atoms with van der Waals surface area (Å²) in [5.74, 6) is 1.61. The van der Waals surface area contributed by atoms with Crippen LogP contribution >= 0.6 is 0 Å². The van der Waals surface area contributed by atoms with E-state index in [0.717, 1.165) is 18.4 Å². The molecule has 1 fully saturated rings. The quantitative estimate of drug-likeness (QED) is 0.699. The van der Waals surface area contributed by atoms with E-state index in [-0.39, 0.29) is 0 Å². The monoisotopic (exact) mass is 179 g/mol. The lowest BCUT2D eigenvalue weighted by Gasteiger charge is -2.38. The summed E-state index contributed by atoms with van der Waals surface area (Å²) in [6.45, 7) is 9.45. The number of hydrogen-bond donors (Lipinski definition) is 1. The van der Waals surface area contributed by atoms with Gasteiger partial charge < -0.3 is 5.32 Å². The molecule has 0 heterocycles. The van der Waals surface area contributed by atoms with Gasteiger partial charge in [0.2, 0.25) is 0 Å². The minimum atomic E-state index is 0.784. The van der Waals surface area contributed by atoms with Crippen molar-refractivity contribution in [3.63, 3.8) is 0 Å². The second-order valence-corrected chi connectivity index (χ2v) is 3.96. The zero-order valence-corrected chi connectivity index (χ0v) is 9.06. The Morgan fingerprint density at radius 2 is 2.38 bits per heavy atom. The van der Waals surface area contributed by atoms with Gasteiger partial charge >= 0.3 is 0 Å². The molecule has 0 radical (unpaired) electrons. The minimum absolute atomic E-state index is 0.784. The maximum Gasteiger partial charge on any atom is 0.0202 e. The summed E-state index contributed by atoms with van der Waals surface area (Å²) in [5, 5.41) is 3.20. The van der Waals surface area contributed by atoms with Crippen LogP contribution < -0.4 is 5.32 Å². The van der Waals surface area contributed by atoms with Crippen molar-refractivity contribution < 1.29 is 0 Å². The molecule has 1 aliphatic carbocycles. The van der Waals surface area contributed by atoms with Crippen molar-refractivity contribution in [2.75, 3.05) is 13.6 Å². The van der Waals surface area contributed by atoms with E-state index in [0.29, 0.717) is 0 Å². The average Bonchev–Trinajstić information content (AvgIpc) is 2.13. The van der Waals surface area contributed by atoms with Gasteiger partial charge in [0, 0.05) is 6.54 Å². The SMILES string of the molecule is C=C/C(CNC)=C1/C(CC)C[C@@H]1C. The average molecular weight is 179 g/mol. The fourth-order valence-corrected chi connectivity index (χ4v) is 2.37. The number of hydrogen-bond acceptors (Lipinski definition) is 1. The Balaban J connectivity index is 2.78. The van der Waals surface area contributed by atoms with Crippen LogP contribution in [0.5, 0.6) is 0 Å². The van der Waals surface area contributed by atoms with E-state index in [1.807, 2.05) is 13.1 Å². The van der Waals surface area contributed by atoms with Crippen molar-refractivity contribution in [3.05, 3.63) is 23.8 Å². The van der Waals surface area contributed by atoms with Crippen LogP contribution in [0.4, 0.5) is 0 Å². The molecule has 0 aliphatic heterocycles. The lowest BCUT2D eigenvalue weighted by Crippen LogP contribution is -2.28. The molecule has 74 valence electrons. The third-order valence-electron chi connectivity index (χ3n) is 3.09. The highest BCUT2D eigenvalue weighted by molar-refractivity contribution is 5.33. The second kappa shape index (κ2) is 4.61. The van der Waals surface area contributed by atoms with Crippen LogP contribution in [-0.2, 0) is 0 Å². The van der Waals surface area contributed by atoms with Crippen LogP contribution in [-0.4, -0.2) is 13.6 Å². The van der Waals surface area contributed by atoms with Gasteiger partial charge in [-0.05, 0) is 37.3 Å². The normalized spacial score (nSPS) is 31.0. The lowest BCUT2D eigenvalue weighted by molar-refractivity contribution is 0.323. The Kier molecular flexibility index (Phi) is 3.73. The summed E-state index contributed by atoms with van der Waals surface area (Å²) in [6, 6.07) is 0. The van der Waals surface area contributed by atoms with E-state index in [9.17, 15) is 0 Å². The fourth-order valence-electron chi connectivity index (χ4n) is 2.37. The van der Waals surface area contributed by atoms with E-state index in [1.54, 1.807) is 5.57 Å². The van der Waals surface area contributed by atoms with E-state index in [4.69, 9.17) is 0 Å². The summed E-state index contributed by atoms with van der Waals surface area (Å²) in [4.78, 5) is 0. The van der Waals surface area contributed by atoms with E-state index in [2.05, 4.69) is 25.7 Å². The van der Waals surface area contributed by atoms with Crippen LogP contribution in [0.25, 0.3) is 0 Å². The molecule has 2 atom stereocenters. The zero-order valence-electron chi connectivity index (χ0n) is 9.06. The molecule has 0 saturated heterocycles. The molecular weight excluding hydrogens is 158 g/mol. The Hall–Kier alpha value is -0.560. The van der Waals surface area contributed by atoms with Crippen LogP contribution in [0.15, 0.2) is 23.8 Å². The molecule has 0 bridgehead atoms. The lowest BCUT2D eigenvalue weighted by atomic mass is 9.67. The maximum atomic E-state index is 3.89. The fraction of sp³-hybridized carbons (Fsp3) is 0.667. The van der Waals surface area contributed by atoms with Crippen LogP contribution in [0.2, 0.25) is 0 Å². The highest BCUT2D eigenvalue weighted by Crippen LogP contribution is 2.43. The molecule has 1 rings (SSSR count). The van der Waals surface area contributed by atoms with Crippen molar-refractivity contribution in [2.24, 2.45) is 11.8 Å². The molecule has 0 aromatic rings. The molecule has 0 aromatic carbocycles. The van der Waals surface area contributed by atoms with E-state index >= 15 is 0 Å². The molecule has 0 aromatic heterocycles. The molecule has 0 spiro atoms. The van der Waals surface area contributed by atoms with Crippen molar-refractivity contribution in [1.82, 2.24) is 5.32 Å². The molecule has 0 amide bonds. The van der Waals surface area contributed by atoms with Crippen LogP contribution in [0.3, 0.4) is 0 Å². The van der Waals surface area contributed by atoms with E-state index in [1.165, 1.54) is 18.4 Å². The number of allylic oxidation sites excluding steroid dienone is 1. The Morgan fingerprint density at radius 3 is 2.77 bits per heavy atom. The first-order chi connectivity index (χ1) is 6.24. The molecule has 13 heavy (non-hydrogen) atoms. The Morgan fingerprint density at radius 1 is 1.69 bits per heavy atom. The standard InChI is InChI=1S/C12H21N/c1-5-10-7-9(3)12(10)11(6-2)8-13-4/h6,9-10,13H,2,5,7-8H2,1,3-4H3/b12-11-/t9-,10?/m0/s1. The first-order valence-electron chi connectivity index (χ1n) is 5.24. The van der Waals surface area contributed by atoms with Gasteiger partial charge in [0.15, 0.2) is 0 Å². The van der Waals surface area contributed by atoms with Gasteiger partial charge in [-0.25, -0.2) is 0 Å². The van der Waals surface area contributed by atoms with Crippen molar-refractivity contribution in [3.8, 4) is 0 Å². The summed E-state index contributed by atoms with van der Waals surface area (Å²) in [6.07, 6.45) is 4.66. The highest BCUT2D eigenvalue weighted by Gasteiger charge is 2.31. The molecule has 1 N–H and O–H groups in total. The van der Waals surface area contributed by atoms with Gasteiger partial charge in [-0.15, -0.1) is 0 Å². The smallest absolute Gasteiger partial charge is 0.0202 e. The van der Waals surface area contributed by atoms with Crippen molar-refractivity contribution in [1.29, 1.82) is 0 Å². The minimum Gasteiger partial charge on any atom is -0.316 e. The van der Waals surface area contributed by atoms with Gasteiger partial charge in [0.25, 0.3) is 0 Å². The first kappa shape index (κ1) is 10.5. The molecule has 1 nitrogen and oxygen atoms in total. The molecule has 1 unspecified atom stereocenters. The maximum absolute atomic E-state index is 3.89. The summed E-state index contributed by atoms with van der Waals surface area (Å²) < 4.78 is 0. The third-order valence-corrected chi connectivity index (χ3v) is 3.09.